The van der Waals surface area contributed by atoms with E-state index in [0.717, 1.165) is 13.1 Å². The van der Waals surface area contributed by atoms with Crippen LogP contribution in [0, 0.1) is 6.92 Å². The lowest BCUT2D eigenvalue weighted by Gasteiger charge is -2.27. The van der Waals surface area contributed by atoms with Crippen molar-refractivity contribution in [2.75, 3.05) is 26.7 Å². The highest BCUT2D eigenvalue weighted by Gasteiger charge is 2.37. The van der Waals surface area contributed by atoms with Crippen LogP contribution in [0.3, 0.4) is 0 Å². The van der Waals surface area contributed by atoms with Crippen molar-refractivity contribution in [3.63, 3.8) is 0 Å². The highest BCUT2D eigenvalue weighted by Crippen LogP contribution is 2.29. The lowest BCUT2D eigenvalue weighted by atomic mass is 10.1. The van der Waals surface area contributed by atoms with Crippen LogP contribution in [0.4, 0.5) is 0 Å². The molecule has 4 heteroatoms. The summed E-state index contributed by atoms with van der Waals surface area (Å²) >= 11 is 0. The Labute approximate surface area is 133 Å². The van der Waals surface area contributed by atoms with Crippen LogP contribution >= 0.6 is 0 Å². The van der Waals surface area contributed by atoms with Crippen molar-refractivity contribution in [3.8, 4) is 0 Å². The molecule has 0 aliphatic carbocycles. The van der Waals surface area contributed by atoms with Gasteiger partial charge in [-0.15, -0.1) is 0 Å². The molecule has 1 N–H and O–H groups in total. The second kappa shape index (κ2) is 6.80. The van der Waals surface area contributed by atoms with Crippen molar-refractivity contribution in [2.24, 2.45) is 0 Å². The molecule has 120 valence electrons. The molecular weight excluding hydrogens is 274 g/mol. The van der Waals surface area contributed by atoms with E-state index >= 15 is 0 Å². The van der Waals surface area contributed by atoms with E-state index < -0.39 is 0 Å². The molecule has 1 aromatic carbocycles. The quantitative estimate of drug-likeness (QED) is 0.921. The minimum atomic E-state index is 0.156. The number of carbonyl (C=O) groups excluding carboxylic acids is 1. The minimum absolute atomic E-state index is 0.156. The van der Waals surface area contributed by atoms with Gasteiger partial charge < -0.3 is 10.2 Å². The topological polar surface area (TPSA) is 35.6 Å². The van der Waals surface area contributed by atoms with Crippen LogP contribution in [0.15, 0.2) is 24.3 Å². The molecule has 0 radical (unpaired) electrons. The fourth-order valence-corrected chi connectivity index (χ4v) is 3.84. The Balaban J connectivity index is 1.53. The van der Waals surface area contributed by atoms with Crippen molar-refractivity contribution in [1.82, 2.24) is 15.1 Å². The van der Waals surface area contributed by atoms with E-state index in [1.165, 1.54) is 30.4 Å². The minimum Gasteiger partial charge on any atom is -0.351 e. The zero-order valence-electron chi connectivity index (χ0n) is 13.7. The molecule has 22 heavy (non-hydrogen) atoms. The second-order valence-electron chi connectivity index (χ2n) is 6.87. The molecule has 1 amide bonds. The maximum absolute atomic E-state index is 12.3. The highest BCUT2D eigenvalue weighted by atomic mass is 16.2. The molecule has 2 heterocycles. The number of likely N-dealkylation sites (N-methyl/N-ethyl adjacent to an activating group) is 1. The molecule has 0 aromatic heterocycles. The monoisotopic (exact) mass is 301 g/mol. The van der Waals surface area contributed by atoms with Gasteiger partial charge in [0.25, 0.3) is 0 Å². The lowest BCUT2D eigenvalue weighted by molar-refractivity contribution is -0.123. The van der Waals surface area contributed by atoms with Crippen molar-refractivity contribution in [1.29, 1.82) is 0 Å². The summed E-state index contributed by atoms with van der Waals surface area (Å²) in [5, 5.41) is 3.08. The van der Waals surface area contributed by atoms with Gasteiger partial charge in [-0.1, -0.05) is 29.8 Å². The first-order chi connectivity index (χ1) is 10.6. The maximum Gasteiger partial charge on any atom is 0.234 e. The molecule has 2 atom stereocenters. The zero-order valence-corrected chi connectivity index (χ0v) is 13.7. The predicted molar refractivity (Wildman–Crippen MR) is 88.7 cm³/mol. The Morgan fingerprint density at radius 2 is 2.09 bits per heavy atom. The van der Waals surface area contributed by atoms with Crippen LogP contribution in [0.1, 0.15) is 30.4 Å². The Morgan fingerprint density at radius 1 is 1.27 bits per heavy atom. The van der Waals surface area contributed by atoms with Gasteiger partial charge in [-0.05, 0) is 45.3 Å². The van der Waals surface area contributed by atoms with Gasteiger partial charge in [-0.3, -0.25) is 9.69 Å². The first-order valence-corrected chi connectivity index (χ1v) is 8.38. The molecule has 4 nitrogen and oxygen atoms in total. The number of nitrogens with zero attached hydrogens (tertiary/aromatic N) is 2. The number of carbonyl (C=O) groups is 1. The molecule has 0 unspecified atom stereocenters. The van der Waals surface area contributed by atoms with Crippen LogP contribution in [-0.2, 0) is 11.3 Å². The van der Waals surface area contributed by atoms with Gasteiger partial charge in [0.2, 0.25) is 5.91 Å². The summed E-state index contributed by atoms with van der Waals surface area (Å²) in [6.45, 7) is 5.51. The van der Waals surface area contributed by atoms with Gasteiger partial charge in [0, 0.05) is 25.2 Å². The molecule has 2 saturated heterocycles. The summed E-state index contributed by atoms with van der Waals surface area (Å²) in [5.41, 5.74) is 2.41. The normalized spacial score (nSPS) is 25.9. The van der Waals surface area contributed by atoms with E-state index in [0.29, 0.717) is 25.2 Å². The predicted octanol–water partition coefficient (Wildman–Crippen LogP) is 1.78. The highest BCUT2D eigenvalue weighted by molar-refractivity contribution is 5.78. The molecule has 1 aromatic rings. The molecule has 2 fully saturated rings. The number of hydrogen-bond acceptors (Lipinski definition) is 3. The molecular formula is C18H27N3O. The fraction of sp³-hybridized carbons (Fsp3) is 0.611. The Hall–Kier alpha value is -1.39. The number of nitrogens with one attached hydrogen (secondary N) is 1. The van der Waals surface area contributed by atoms with E-state index in [9.17, 15) is 4.79 Å². The first-order valence-electron chi connectivity index (χ1n) is 8.38. The summed E-state index contributed by atoms with van der Waals surface area (Å²) in [7, 11) is 2.19. The van der Waals surface area contributed by atoms with E-state index in [4.69, 9.17) is 0 Å². The second-order valence-corrected chi connectivity index (χ2v) is 6.87. The molecule has 2 aliphatic rings. The number of rotatable bonds is 4. The molecule has 2 aliphatic heterocycles. The Kier molecular flexibility index (Phi) is 4.79. The van der Waals surface area contributed by atoms with E-state index in [1.807, 2.05) is 6.07 Å². The van der Waals surface area contributed by atoms with Gasteiger partial charge in [0.05, 0.1) is 6.54 Å². The standard InChI is InChI=1S/C18H27N3O/c1-14-4-3-5-15(10-14)11-19-18(22)13-21-16-6-7-17(21)12-20(2)9-8-16/h3-5,10,16-17H,6-9,11-13H2,1-2H3,(H,19,22)/t16-,17+/m0/s1. The van der Waals surface area contributed by atoms with Gasteiger partial charge in [0.1, 0.15) is 0 Å². The van der Waals surface area contributed by atoms with Crippen LogP contribution in [0.25, 0.3) is 0 Å². The number of benzene rings is 1. The van der Waals surface area contributed by atoms with Gasteiger partial charge in [-0.2, -0.15) is 0 Å². The van der Waals surface area contributed by atoms with Crippen molar-refractivity contribution < 1.29 is 4.79 Å². The van der Waals surface area contributed by atoms with Crippen LogP contribution in [0.2, 0.25) is 0 Å². The smallest absolute Gasteiger partial charge is 0.234 e. The van der Waals surface area contributed by atoms with Crippen LogP contribution in [-0.4, -0.2) is 54.5 Å². The maximum atomic E-state index is 12.3. The largest absolute Gasteiger partial charge is 0.351 e. The van der Waals surface area contributed by atoms with E-state index in [2.05, 4.69) is 47.3 Å². The van der Waals surface area contributed by atoms with Crippen LogP contribution < -0.4 is 5.32 Å². The Bertz CT molecular complexity index is 531. The van der Waals surface area contributed by atoms with Gasteiger partial charge in [-0.25, -0.2) is 0 Å². The van der Waals surface area contributed by atoms with E-state index in [1.54, 1.807) is 0 Å². The van der Waals surface area contributed by atoms with Gasteiger partial charge in [0.15, 0.2) is 0 Å². The summed E-state index contributed by atoms with van der Waals surface area (Å²) < 4.78 is 0. The van der Waals surface area contributed by atoms with Crippen molar-refractivity contribution >= 4 is 5.91 Å². The number of fused-ring (bicyclic) bond motifs is 2. The third-order valence-electron chi connectivity index (χ3n) is 5.04. The fourth-order valence-electron chi connectivity index (χ4n) is 3.84. The lowest BCUT2D eigenvalue weighted by Crippen LogP contribution is -2.44. The zero-order chi connectivity index (χ0) is 15.5. The molecule has 2 bridgehead atoms. The molecule has 0 saturated carbocycles. The third-order valence-corrected chi connectivity index (χ3v) is 5.04. The SMILES string of the molecule is Cc1cccc(CNC(=O)CN2[C@H]3CC[C@@H]2CN(C)CC3)c1. The average Bonchev–Trinajstić information content (AvgIpc) is 2.76. The number of amides is 1. The van der Waals surface area contributed by atoms with Crippen molar-refractivity contribution in [3.05, 3.63) is 35.4 Å². The Morgan fingerprint density at radius 3 is 2.91 bits per heavy atom. The number of aryl methyl sites for hydroxylation is 1. The first kappa shape index (κ1) is 15.5. The summed E-state index contributed by atoms with van der Waals surface area (Å²) in [5.74, 6) is 0.156. The molecule has 0 spiro atoms. The number of hydrogen-bond donors (Lipinski definition) is 1. The third kappa shape index (κ3) is 3.68. The van der Waals surface area contributed by atoms with Crippen LogP contribution in [0.5, 0.6) is 0 Å². The van der Waals surface area contributed by atoms with Gasteiger partial charge >= 0.3 is 0 Å². The summed E-state index contributed by atoms with van der Waals surface area (Å²) in [6, 6.07) is 9.48. The van der Waals surface area contributed by atoms with E-state index in [-0.39, 0.29) is 5.91 Å². The summed E-state index contributed by atoms with van der Waals surface area (Å²) in [6.07, 6.45) is 3.68. The summed E-state index contributed by atoms with van der Waals surface area (Å²) in [4.78, 5) is 17.2. The number of likely N-dealkylation sites (tertiary alicyclic amines) is 1. The van der Waals surface area contributed by atoms with Crippen molar-refractivity contribution in [2.45, 2.75) is 44.8 Å². The molecule has 3 rings (SSSR count). The average molecular weight is 301 g/mol.